The second-order valence-corrected chi connectivity index (χ2v) is 6.46. The first-order chi connectivity index (χ1) is 13.5. The monoisotopic (exact) mass is 395 g/mol. The number of benzene rings is 2. The molecule has 154 valence electrons. The van der Waals surface area contributed by atoms with Crippen LogP contribution in [0.15, 0.2) is 42.5 Å². The highest BCUT2D eigenvalue weighted by atomic mass is 19.1. The molecule has 7 heteroatoms. The van der Waals surface area contributed by atoms with Gasteiger partial charge in [0.05, 0.1) is 7.11 Å². The summed E-state index contributed by atoms with van der Waals surface area (Å²) in [7, 11) is 3.20. The molecule has 0 fully saturated rings. The van der Waals surface area contributed by atoms with Crippen molar-refractivity contribution in [1.82, 2.24) is 4.90 Å². The van der Waals surface area contributed by atoms with Gasteiger partial charge in [-0.3, -0.25) is 4.90 Å². The normalized spacial score (nSPS) is 12.2. The zero-order valence-corrected chi connectivity index (χ0v) is 16.2. The Balaban J connectivity index is 1.91. The molecule has 1 unspecified atom stereocenters. The number of aliphatic hydroxyl groups excluding tert-OH is 1. The molecule has 2 rings (SSSR count). The maximum absolute atomic E-state index is 14.0. The van der Waals surface area contributed by atoms with Crippen LogP contribution in [0, 0.1) is 11.6 Å². The van der Waals surface area contributed by atoms with Gasteiger partial charge >= 0.3 is 0 Å². The Morgan fingerprint density at radius 1 is 1.04 bits per heavy atom. The van der Waals surface area contributed by atoms with Crippen molar-refractivity contribution in [3.8, 4) is 11.5 Å². The van der Waals surface area contributed by atoms with E-state index in [2.05, 4.69) is 0 Å². The van der Waals surface area contributed by atoms with Crippen molar-refractivity contribution in [2.75, 3.05) is 40.5 Å². The molecule has 5 nitrogen and oxygen atoms in total. The van der Waals surface area contributed by atoms with Gasteiger partial charge in [0.25, 0.3) is 0 Å². The van der Waals surface area contributed by atoms with E-state index in [1.54, 1.807) is 38.5 Å². The molecule has 0 saturated carbocycles. The quantitative estimate of drug-likeness (QED) is 0.559. The third-order valence-corrected chi connectivity index (χ3v) is 4.20. The highest BCUT2D eigenvalue weighted by Crippen LogP contribution is 2.17. The van der Waals surface area contributed by atoms with Gasteiger partial charge in [-0.1, -0.05) is 6.07 Å². The lowest BCUT2D eigenvalue weighted by Crippen LogP contribution is -2.36. The van der Waals surface area contributed by atoms with Gasteiger partial charge in [0.1, 0.15) is 35.8 Å². The fourth-order valence-corrected chi connectivity index (χ4v) is 2.77. The van der Waals surface area contributed by atoms with Crippen molar-refractivity contribution in [3.05, 3.63) is 59.7 Å². The Bertz CT molecular complexity index is 712. The molecular formula is C21H27F2NO4. The van der Waals surface area contributed by atoms with Crippen molar-refractivity contribution in [2.24, 2.45) is 0 Å². The van der Waals surface area contributed by atoms with E-state index in [0.29, 0.717) is 24.5 Å². The van der Waals surface area contributed by atoms with Crippen molar-refractivity contribution >= 4 is 0 Å². The van der Waals surface area contributed by atoms with Crippen LogP contribution in [0.1, 0.15) is 12.0 Å². The fraction of sp³-hybridized carbons (Fsp3) is 0.429. The van der Waals surface area contributed by atoms with Crippen LogP contribution >= 0.6 is 0 Å². The average molecular weight is 395 g/mol. The van der Waals surface area contributed by atoms with Gasteiger partial charge in [-0.25, -0.2) is 8.78 Å². The maximum atomic E-state index is 14.0. The molecule has 0 radical (unpaired) electrons. The van der Waals surface area contributed by atoms with E-state index in [9.17, 15) is 13.9 Å². The minimum Gasteiger partial charge on any atom is -0.497 e. The van der Waals surface area contributed by atoms with E-state index < -0.39 is 17.7 Å². The van der Waals surface area contributed by atoms with E-state index in [-0.39, 0.29) is 19.7 Å². The van der Waals surface area contributed by atoms with E-state index in [0.717, 1.165) is 18.2 Å². The Hall–Kier alpha value is -2.22. The fourth-order valence-electron chi connectivity index (χ4n) is 2.77. The lowest BCUT2D eigenvalue weighted by molar-refractivity contribution is 0.0613. The topological polar surface area (TPSA) is 51.2 Å². The summed E-state index contributed by atoms with van der Waals surface area (Å²) in [5, 5.41) is 10.4. The van der Waals surface area contributed by atoms with Crippen LogP contribution in [0.4, 0.5) is 8.78 Å². The number of aliphatic hydroxyl groups is 1. The number of halogens is 2. The minimum absolute atomic E-state index is 0.0962. The number of nitrogens with zero attached hydrogens (tertiary/aromatic N) is 1. The molecule has 2 aromatic rings. The van der Waals surface area contributed by atoms with Crippen LogP contribution in [0.25, 0.3) is 0 Å². The molecule has 0 bridgehead atoms. The van der Waals surface area contributed by atoms with Gasteiger partial charge in [0, 0.05) is 45.0 Å². The largest absolute Gasteiger partial charge is 0.497 e. The summed E-state index contributed by atoms with van der Waals surface area (Å²) in [6.45, 7) is 1.80. The second kappa shape index (κ2) is 11.6. The summed E-state index contributed by atoms with van der Waals surface area (Å²) in [4.78, 5) is 1.90. The summed E-state index contributed by atoms with van der Waals surface area (Å²) in [5.41, 5.74) is 0.377. The number of ether oxygens (including phenoxy) is 3. The average Bonchev–Trinajstić information content (AvgIpc) is 2.69. The van der Waals surface area contributed by atoms with Gasteiger partial charge in [-0.2, -0.15) is 0 Å². The van der Waals surface area contributed by atoms with Gasteiger partial charge < -0.3 is 19.3 Å². The number of rotatable bonds is 12. The van der Waals surface area contributed by atoms with E-state index >= 15 is 0 Å². The molecule has 1 atom stereocenters. The molecule has 0 aromatic heterocycles. The van der Waals surface area contributed by atoms with Crippen molar-refractivity contribution in [1.29, 1.82) is 0 Å². The first-order valence-electron chi connectivity index (χ1n) is 9.12. The van der Waals surface area contributed by atoms with Crippen LogP contribution in [0.2, 0.25) is 0 Å². The first-order valence-corrected chi connectivity index (χ1v) is 9.12. The van der Waals surface area contributed by atoms with Crippen LogP contribution < -0.4 is 9.47 Å². The molecule has 1 N–H and O–H groups in total. The number of methoxy groups -OCH3 is 2. The Morgan fingerprint density at radius 3 is 2.39 bits per heavy atom. The van der Waals surface area contributed by atoms with E-state index in [4.69, 9.17) is 14.2 Å². The number of hydrogen-bond donors (Lipinski definition) is 1. The van der Waals surface area contributed by atoms with Gasteiger partial charge in [0.15, 0.2) is 0 Å². The van der Waals surface area contributed by atoms with Crippen LogP contribution in [0.5, 0.6) is 11.5 Å². The standard InChI is InChI=1S/C21H27F2NO4/c1-26-11-3-10-24(13-16-4-5-17(22)12-21(16)23)14-18(25)15-28-20-8-6-19(27-2)7-9-20/h4-9,12,18,25H,3,10-11,13-15H2,1-2H3. The molecule has 0 heterocycles. The zero-order valence-electron chi connectivity index (χ0n) is 16.2. The predicted octanol–water partition coefficient (Wildman–Crippen LogP) is 3.25. The molecule has 0 spiro atoms. The van der Waals surface area contributed by atoms with Crippen LogP contribution in [-0.4, -0.2) is 56.6 Å². The van der Waals surface area contributed by atoms with Crippen molar-refractivity contribution in [3.63, 3.8) is 0 Å². The molecule has 0 aliphatic carbocycles. The van der Waals surface area contributed by atoms with Crippen molar-refractivity contribution < 1.29 is 28.1 Å². The molecular weight excluding hydrogens is 368 g/mol. The van der Waals surface area contributed by atoms with E-state index in [1.807, 2.05) is 4.90 Å². The summed E-state index contributed by atoms with van der Waals surface area (Å²) >= 11 is 0. The lowest BCUT2D eigenvalue weighted by Gasteiger charge is -2.25. The SMILES string of the molecule is COCCCN(Cc1ccc(F)cc1F)CC(O)COc1ccc(OC)cc1. The smallest absolute Gasteiger partial charge is 0.130 e. The molecule has 28 heavy (non-hydrogen) atoms. The van der Waals surface area contributed by atoms with Gasteiger partial charge in [0.2, 0.25) is 0 Å². The molecule has 0 saturated heterocycles. The molecule has 0 aliphatic rings. The zero-order chi connectivity index (χ0) is 20.4. The molecule has 0 amide bonds. The predicted molar refractivity (Wildman–Crippen MR) is 103 cm³/mol. The third-order valence-electron chi connectivity index (χ3n) is 4.20. The Labute approximate surface area is 164 Å². The van der Waals surface area contributed by atoms with Gasteiger partial charge in [-0.15, -0.1) is 0 Å². The van der Waals surface area contributed by atoms with E-state index in [1.165, 1.54) is 12.1 Å². The number of hydrogen-bond acceptors (Lipinski definition) is 5. The van der Waals surface area contributed by atoms with Crippen molar-refractivity contribution in [2.45, 2.75) is 19.1 Å². The Morgan fingerprint density at radius 2 is 1.75 bits per heavy atom. The summed E-state index contributed by atoms with van der Waals surface area (Å²) < 4.78 is 42.9. The maximum Gasteiger partial charge on any atom is 0.130 e. The highest BCUT2D eigenvalue weighted by Gasteiger charge is 2.15. The molecule has 0 aliphatic heterocycles. The first kappa shape index (κ1) is 22.1. The van der Waals surface area contributed by atoms with Crippen LogP contribution in [0.3, 0.4) is 0 Å². The van der Waals surface area contributed by atoms with Crippen LogP contribution in [-0.2, 0) is 11.3 Å². The lowest BCUT2D eigenvalue weighted by atomic mass is 10.1. The second-order valence-electron chi connectivity index (χ2n) is 6.46. The third kappa shape index (κ3) is 7.42. The molecule has 2 aromatic carbocycles. The highest BCUT2D eigenvalue weighted by molar-refractivity contribution is 5.31. The summed E-state index contributed by atoms with van der Waals surface area (Å²) in [5.74, 6) is 0.134. The van der Waals surface area contributed by atoms with Gasteiger partial charge in [-0.05, 0) is 36.8 Å². The Kier molecular flexibility index (Phi) is 9.13. The summed E-state index contributed by atoms with van der Waals surface area (Å²) in [6, 6.07) is 10.6. The summed E-state index contributed by atoms with van der Waals surface area (Å²) in [6.07, 6.45) is -0.0427. The minimum atomic E-state index is -0.770.